The summed E-state index contributed by atoms with van der Waals surface area (Å²) < 4.78 is 40.3. The number of aryl methyl sites for hydroxylation is 1. The van der Waals surface area contributed by atoms with E-state index in [4.69, 9.17) is 0 Å². The second-order valence-electron chi connectivity index (χ2n) is 6.38. The summed E-state index contributed by atoms with van der Waals surface area (Å²) in [6, 6.07) is 15.4. The molecule has 154 valence electrons. The molecule has 4 nitrogen and oxygen atoms in total. The van der Waals surface area contributed by atoms with E-state index in [1.54, 1.807) is 30.3 Å². The lowest BCUT2D eigenvalue weighted by Gasteiger charge is -2.11. The largest absolute Gasteiger partial charge is 0.325 e. The van der Waals surface area contributed by atoms with E-state index in [0.717, 1.165) is 29.5 Å². The second-order valence-corrected chi connectivity index (χ2v) is 7.39. The van der Waals surface area contributed by atoms with E-state index in [1.165, 1.54) is 6.07 Å². The van der Waals surface area contributed by atoms with Gasteiger partial charge in [0, 0.05) is 10.6 Å². The molecule has 0 unspecified atom stereocenters. The zero-order valence-electron chi connectivity index (χ0n) is 15.8. The topological polar surface area (TPSA) is 58.2 Å². The number of carbonyl (C=O) groups excluding carboxylic acids is 2. The highest BCUT2D eigenvalue weighted by Gasteiger charge is 2.18. The molecule has 8 heteroatoms. The molecule has 0 radical (unpaired) electrons. The van der Waals surface area contributed by atoms with Crippen LogP contribution in [0.5, 0.6) is 0 Å². The Balaban J connectivity index is 1.68. The molecule has 0 aliphatic carbocycles. The van der Waals surface area contributed by atoms with Gasteiger partial charge in [0.2, 0.25) is 5.91 Å². The Kier molecular flexibility index (Phi) is 6.79. The number of halogens is 3. The van der Waals surface area contributed by atoms with Crippen molar-refractivity contribution in [1.82, 2.24) is 0 Å². The molecule has 0 atom stereocenters. The van der Waals surface area contributed by atoms with E-state index >= 15 is 0 Å². The van der Waals surface area contributed by atoms with Gasteiger partial charge in [-0.2, -0.15) is 0 Å². The van der Waals surface area contributed by atoms with E-state index in [0.29, 0.717) is 10.6 Å². The number of carbonyl (C=O) groups is 2. The average Bonchev–Trinajstić information content (AvgIpc) is 2.74. The van der Waals surface area contributed by atoms with Crippen LogP contribution in [-0.4, -0.2) is 17.6 Å². The molecule has 2 N–H and O–H groups in total. The number of anilines is 2. The van der Waals surface area contributed by atoms with E-state index in [9.17, 15) is 22.8 Å². The molecule has 0 saturated carbocycles. The number of benzene rings is 3. The van der Waals surface area contributed by atoms with E-state index in [1.807, 2.05) is 19.1 Å². The molecular formula is C22H17F3N2O2S. The Morgan fingerprint density at radius 2 is 1.57 bits per heavy atom. The van der Waals surface area contributed by atoms with Crippen molar-refractivity contribution >= 4 is 35.0 Å². The van der Waals surface area contributed by atoms with Crippen LogP contribution in [0.15, 0.2) is 65.6 Å². The number of thioether (sulfide) groups is 1. The minimum absolute atomic E-state index is 0.0394. The first-order valence-electron chi connectivity index (χ1n) is 8.88. The highest BCUT2D eigenvalue weighted by molar-refractivity contribution is 8.00. The summed E-state index contributed by atoms with van der Waals surface area (Å²) in [4.78, 5) is 25.2. The fourth-order valence-electron chi connectivity index (χ4n) is 2.57. The molecule has 0 heterocycles. The summed E-state index contributed by atoms with van der Waals surface area (Å²) >= 11 is 1.13. The number of nitrogens with one attached hydrogen (secondary N) is 2. The van der Waals surface area contributed by atoms with Crippen LogP contribution in [0.3, 0.4) is 0 Å². The van der Waals surface area contributed by atoms with Gasteiger partial charge in [0.05, 0.1) is 17.0 Å². The summed E-state index contributed by atoms with van der Waals surface area (Å²) in [6.07, 6.45) is 0. The van der Waals surface area contributed by atoms with Crippen LogP contribution in [0.4, 0.5) is 24.5 Å². The van der Waals surface area contributed by atoms with Gasteiger partial charge in [0.15, 0.2) is 17.5 Å². The number of hydrogen-bond donors (Lipinski definition) is 2. The van der Waals surface area contributed by atoms with Gasteiger partial charge in [0.25, 0.3) is 5.91 Å². The Labute approximate surface area is 175 Å². The summed E-state index contributed by atoms with van der Waals surface area (Å²) in [5.41, 5.74) is 1.43. The number of rotatable bonds is 6. The first-order valence-corrected chi connectivity index (χ1v) is 9.87. The van der Waals surface area contributed by atoms with Crippen molar-refractivity contribution in [1.29, 1.82) is 0 Å². The maximum Gasteiger partial charge on any atom is 0.256 e. The molecule has 0 aromatic heterocycles. The summed E-state index contributed by atoms with van der Waals surface area (Å²) in [6.45, 7) is 1.94. The van der Waals surface area contributed by atoms with E-state index in [2.05, 4.69) is 10.6 Å². The predicted molar refractivity (Wildman–Crippen MR) is 111 cm³/mol. The molecule has 3 aromatic carbocycles. The van der Waals surface area contributed by atoms with Gasteiger partial charge in [-0.25, -0.2) is 13.2 Å². The number of hydrogen-bond acceptors (Lipinski definition) is 3. The van der Waals surface area contributed by atoms with Crippen molar-refractivity contribution < 1.29 is 22.8 Å². The molecular weight excluding hydrogens is 413 g/mol. The fraction of sp³-hybridized carbons (Fsp3) is 0.0909. The van der Waals surface area contributed by atoms with Crippen molar-refractivity contribution in [3.8, 4) is 0 Å². The monoisotopic (exact) mass is 430 g/mol. The average molecular weight is 430 g/mol. The van der Waals surface area contributed by atoms with Gasteiger partial charge in [0.1, 0.15) is 0 Å². The molecule has 3 rings (SSSR count). The van der Waals surface area contributed by atoms with Gasteiger partial charge in [-0.15, -0.1) is 11.8 Å². The predicted octanol–water partition coefficient (Wildman–Crippen LogP) is 5.40. The van der Waals surface area contributed by atoms with Crippen molar-refractivity contribution in [3.05, 3.63) is 89.2 Å². The Hall–Kier alpha value is -3.26. The van der Waals surface area contributed by atoms with E-state index < -0.39 is 29.0 Å². The zero-order chi connectivity index (χ0) is 21.7. The molecule has 0 fully saturated rings. The Morgan fingerprint density at radius 1 is 0.867 bits per heavy atom. The van der Waals surface area contributed by atoms with Gasteiger partial charge >= 0.3 is 0 Å². The van der Waals surface area contributed by atoms with Crippen molar-refractivity contribution in [2.24, 2.45) is 0 Å². The minimum Gasteiger partial charge on any atom is -0.325 e. The normalized spacial score (nSPS) is 10.5. The summed E-state index contributed by atoms with van der Waals surface area (Å²) in [5.74, 6) is -5.42. The smallest absolute Gasteiger partial charge is 0.256 e. The van der Waals surface area contributed by atoms with Crippen LogP contribution >= 0.6 is 11.8 Å². The van der Waals surface area contributed by atoms with Crippen LogP contribution in [0.2, 0.25) is 0 Å². The highest BCUT2D eigenvalue weighted by atomic mass is 32.2. The maximum atomic E-state index is 13.8. The molecule has 0 aliphatic rings. The third-order valence-corrected chi connectivity index (χ3v) is 5.18. The SMILES string of the molecule is Cc1ccc(NC(=O)CSc2ccccc2C(=O)Nc2ccc(F)c(F)c2F)cc1. The van der Waals surface area contributed by atoms with Crippen LogP contribution < -0.4 is 10.6 Å². The summed E-state index contributed by atoms with van der Waals surface area (Å²) in [7, 11) is 0. The first kappa shape index (κ1) is 21.4. The molecule has 3 aromatic rings. The van der Waals surface area contributed by atoms with Gasteiger partial charge < -0.3 is 10.6 Å². The quantitative estimate of drug-likeness (QED) is 0.407. The third-order valence-electron chi connectivity index (χ3n) is 4.11. The summed E-state index contributed by atoms with van der Waals surface area (Å²) in [5, 5.41) is 4.99. The second kappa shape index (κ2) is 9.49. The molecule has 0 aliphatic heterocycles. The minimum atomic E-state index is -1.66. The fourth-order valence-corrected chi connectivity index (χ4v) is 3.42. The van der Waals surface area contributed by atoms with Crippen molar-refractivity contribution in [2.45, 2.75) is 11.8 Å². The van der Waals surface area contributed by atoms with Crippen LogP contribution in [0, 0.1) is 24.4 Å². The molecule has 0 bridgehead atoms. The van der Waals surface area contributed by atoms with Crippen LogP contribution in [0.25, 0.3) is 0 Å². The lowest BCUT2D eigenvalue weighted by Crippen LogP contribution is -2.16. The Bertz CT molecular complexity index is 1090. The molecule has 30 heavy (non-hydrogen) atoms. The van der Waals surface area contributed by atoms with Gasteiger partial charge in [-0.05, 0) is 43.3 Å². The third kappa shape index (κ3) is 5.21. The van der Waals surface area contributed by atoms with E-state index in [-0.39, 0.29) is 17.2 Å². The zero-order valence-corrected chi connectivity index (χ0v) is 16.7. The molecule has 0 saturated heterocycles. The highest BCUT2D eigenvalue weighted by Crippen LogP contribution is 2.25. The first-order chi connectivity index (χ1) is 14.3. The lowest BCUT2D eigenvalue weighted by molar-refractivity contribution is -0.113. The number of amides is 2. The molecule has 0 spiro atoms. The standard InChI is InChI=1S/C22H17F3N2O2S/c1-13-6-8-14(9-7-13)26-19(28)12-30-18-5-3-2-4-15(18)22(29)27-17-11-10-16(23)20(24)21(17)25/h2-11H,12H2,1H3,(H,26,28)(H,27,29). The lowest BCUT2D eigenvalue weighted by atomic mass is 10.2. The van der Waals surface area contributed by atoms with Crippen LogP contribution in [-0.2, 0) is 4.79 Å². The van der Waals surface area contributed by atoms with Crippen molar-refractivity contribution in [3.63, 3.8) is 0 Å². The van der Waals surface area contributed by atoms with Crippen molar-refractivity contribution in [2.75, 3.05) is 16.4 Å². The molecule has 2 amide bonds. The van der Waals surface area contributed by atoms with Gasteiger partial charge in [-0.3, -0.25) is 9.59 Å². The van der Waals surface area contributed by atoms with Gasteiger partial charge in [-0.1, -0.05) is 29.8 Å². The Morgan fingerprint density at radius 3 is 2.30 bits per heavy atom. The maximum absolute atomic E-state index is 13.8. The van der Waals surface area contributed by atoms with Crippen LogP contribution in [0.1, 0.15) is 15.9 Å².